The van der Waals surface area contributed by atoms with E-state index in [2.05, 4.69) is 179 Å². The van der Waals surface area contributed by atoms with Crippen LogP contribution < -0.4 is 4.90 Å². The SMILES string of the molecule is c1ccc(-n2c3ccccc3c3cc(N(c4ccc5c(c4)oc4ccccc45)c4cc5ccccc5c5c4ccc4ccccc45)ccc32)cc1. The Morgan fingerprint density at radius 1 is 0.373 bits per heavy atom. The molecule has 2 heterocycles. The van der Waals surface area contributed by atoms with E-state index in [0.717, 1.165) is 44.7 Å². The van der Waals surface area contributed by atoms with Gasteiger partial charge in [0.15, 0.2) is 0 Å². The molecule has 0 aliphatic rings. The van der Waals surface area contributed by atoms with Crippen molar-refractivity contribution >= 4 is 93.1 Å². The molecule has 0 atom stereocenters. The molecule has 0 spiro atoms. The summed E-state index contributed by atoms with van der Waals surface area (Å²) in [6, 6.07) is 65.6. The minimum atomic E-state index is 0.871. The summed E-state index contributed by atoms with van der Waals surface area (Å²) in [6.07, 6.45) is 0. The number of benzene rings is 9. The van der Waals surface area contributed by atoms with Crippen molar-refractivity contribution in [1.82, 2.24) is 4.57 Å². The van der Waals surface area contributed by atoms with Gasteiger partial charge in [-0.3, -0.25) is 0 Å². The maximum absolute atomic E-state index is 6.48. The molecule has 238 valence electrons. The van der Waals surface area contributed by atoms with Crippen LogP contribution in [-0.2, 0) is 0 Å². The van der Waals surface area contributed by atoms with Crippen molar-refractivity contribution < 1.29 is 4.42 Å². The minimum absolute atomic E-state index is 0.871. The first-order valence-electron chi connectivity index (χ1n) is 17.4. The largest absolute Gasteiger partial charge is 0.456 e. The molecule has 0 radical (unpaired) electrons. The first-order chi connectivity index (χ1) is 25.3. The molecule has 0 bridgehead atoms. The molecule has 11 rings (SSSR count). The molecule has 0 saturated carbocycles. The second kappa shape index (κ2) is 10.8. The van der Waals surface area contributed by atoms with Crippen LogP contribution in [0.5, 0.6) is 0 Å². The van der Waals surface area contributed by atoms with E-state index in [1.54, 1.807) is 0 Å². The van der Waals surface area contributed by atoms with Gasteiger partial charge in [0.2, 0.25) is 0 Å². The second-order valence-electron chi connectivity index (χ2n) is 13.3. The van der Waals surface area contributed by atoms with Gasteiger partial charge in [0, 0.05) is 50.1 Å². The third kappa shape index (κ3) is 4.19. The molecule has 9 aromatic carbocycles. The Bertz CT molecular complexity index is 3130. The van der Waals surface area contributed by atoms with Crippen LogP contribution in [0.3, 0.4) is 0 Å². The average Bonchev–Trinajstić information content (AvgIpc) is 3.73. The van der Waals surface area contributed by atoms with Crippen LogP contribution in [-0.4, -0.2) is 4.57 Å². The molecule has 3 heteroatoms. The van der Waals surface area contributed by atoms with Gasteiger partial charge in [0.05, 0.1) is 16.7 Å². The molecule has 0 amide bonds. The van der Waals surface area contributed by atoms with Gasteiger partial charge in [0.25, 0.3) is 0 Å². The lowest BCUT2D eigenvalue weighted by Crippen LogP contribution is -2.10. The number of hydrogen-bond acceptors (Lipinski definition) is 2. The van der Waals surface area contributed by atoms with Crippen molar-refractivity contribution in [2.75, 3.05) is 4.90 Å². The van der Waals surface area contributed by atoms with E-state index in [-0.39, 0.29) is 0 Å². The normalized spacial score (nSPS) is 11.9. The van der Waals surface area contributed by atoms with Crippen LogP contribution in [0, 0.1) is 0 Å². The first kappa shape index (κ1) is 28.0. The Kier molecular flexibility index (Phi) is 5.96. The van der Waals surface area contributed by atoms with E-state index in [1.807, 2.05) is 12.1 Å². The number of furan rings is 1. The number of fused-ring (bicyclic) bond motifs is 11. The minimum Gasteiger partial charge on any atom is -0.456 e. The van der Waals surface area contributed by atoms with Crippen molar-refractivity contribution in [3.8, 4) is 5.69 Å². The van der Waals surface area contributed by atoms with Crippen LogP contribution in [0.25, 0.3) is 81.7 Å². The Balaban J connectivity index is 1.24. The number of rotatable bonds is 4. The van der Waals surface area contributed by atoms with Crippen LogP contribution in [0.1, 0.15) is 0 Å². The van der Waals surface area contributed by atoms with Crippen molar-refractivity contribution in [2.45, 2.75) is 0 Å². The van der Waals surface area contributed by atoms with Gasteiger partial charge in [-0.15, -0.1) is 0 Å². The number of nitrogens with zero attached hydrogens (tertiary/aromatic N) is 2. The fraction of sp³-hybridized carbons (Fsp3) is 0. The highest BCUT2D eigenvalue weighted by Gasteiger charge is 2.22. The summed E-state index contributed by atoms with van der Waals surface area (Å²) in [6.45, 7) is 0. The molecule has 0 aliphatic heterocycles. The number of aromatic nitrogens is 1. The predicted octanol–water partition coefficient (Wildman–Crippen LogP) is 13.6. The molecule has 0 fully saturated rings. The number of hydrogen-bond donors (Lipinski definition) is 0. The monoisotopic (exact) mass is 650 g/mol. The van der Waals surface area contributed by atoms with Gasteiger partial charge in [-0.1, -0.05) is 115 Å². The highest BCUT2D eigenvalue weighted by Crippen LogP contribution is 2.46. The third-order valence-electron chi connectivity index (χ3n) is 10.5. The van der Waals surface area contributed by atoms with E-state index < -0.39 is 0 Å². The molecule has 0 saturated heterocycles. The summed E-state index contributed by atoms with van der Waals surface area (Å²) in [5.74, 6) is 0. The topological polar surface area (TPSA) is 21.3 Å². The van der Waals surface area contributed by atoms with Gasteiger partial charge < -0.3 is 13.9 Å². The zero-order valence-corrected chi connectivity index (χ0v) is 27.6. The van der Waals surface area contributed by atoms with Gasteiger partial charge in [-0.05, 0) is 87.6 Å². The second-order valence-corrected chi connectivity index (χ2v) is 13.3. The van der Waals surface area contributed by atoms with E-state index in [4.69, 9.17) is 4.42 Å². The summed E-state index contributed by atoms with van der Waals surface area (Å²) in [7, 11) is 0. The van der Waals surface area contributed by atoms with Crippen molar-refractivity contribution in [3.05, 3.63) is 182 Å². The lowest BCUT2D eigenvalue weighted by atomic mass is 9.94. The van der Waals surface area contributed by atoms with Crippen LogP contribution >= 0.6 is 0 Å². The van der Waals surface area contributed by atoms with E-state index >= 15 is 0 Å². The maximum atomic E-state index is 6.48. The Hall–Kier alpha value is -6.84. The summed E-state index contributed by atoms with van der Waals surface area (Å²) in [5, 5.41) is 12.1. The molecule has 0 aliphatic carbocycles. The quantitative estimate of drug-likeness (QED) is 0.177. The molecule has 2 aromatic heterocycles. The highest BCUT2D eigenvalue weighted by atomic mass is 16.3. The first-order valence-corrected chi connectivity index (χ1v) is 17.4. The summed E-state index contributed by atoms with van der Waals surface area (Å²) < 4.78 is 8.85. The standard InChI is InChI=1S/C48H30N2O/c1-2-14-33(15-3-1)50-43-20-10-8-18-38(43)42-29-34(24-27-44(42)50)49(35-23-26-40-39-19-9-11-21-46(39)51-47(40)30-35)45-28-32-13-5-7-17-37(32)48-36-16-6-4-12-31(36)22-25-41(45)48/h1-30H. The van der Waals surface area contributed by atoms with Gasteiger partial charge in [0.1, 0.15) is 11.2 Å². The maximum Gasteiger partial charge on any atom is 0.137 e. The Morgan fingerprint density at radius 2 is 0.980 bits per heavy atom. The van der Waals surface area contributed by atoms with Crippen molar-refractivity contribution in [1.29, 1.82) is 0 Å². The summed E-state index contributed by atoms with van der Waals surface area (Å²) in [4.78, 5) is 2.42. The summed E-state index contributed by atoms with van der Waals surface area (Å²) >= 11 is 0. The zero-order valence-electron chi connectivity index (χ0n) is 27.6. The lowest BCUT2D eigenvalue weighted by molar-refractivity contribution is 0.669. The van der Waals surface area contributed by atoms with E-state index in [0.29, 0.717) is 0 Å². The van der Waals surface area contributed by atoms with Crippen LogP contribution in [0.4, 0.5) is 17.1 Å². The molecule has 0 unspecified atom stereocenters. The third-order valence-corrected chi connectivity index (χ3v) is 10.5. The molecule has 11 aromatic rings. The Morgan fingerprint density at radius 3 is 1.84 bits per heavy atom. The average molecular weight is 651 g/mol. The molecular formula is C48H30N2O. The predicted molar refractivity (Wildman–Crippen MR) is 215 cm³/mol. The number of para-hydroxylation sites is 3. The van der Waals surface area contributed by atoms with Crippen LogP contribution in [0.15, 0.2) is 186 Å². The van der Waals surface area contributed by atoms with Crippen molar-refractivity contribution in [3.63, 3.8) is 0 Å². The Labute approximate surface area is 293 Å². The highest BCUT2D eigenvalue weighted by molar-refractivity contribution is 6.24. The molecule has 51 heavy (non-hydrogen) atoms. The van der Waals surface area contributed by atoms with E-state index in [1.165, 1.54) is 54.1 Å². The smallest absolute Gasteiger partial charge is 0.137 e. The van der Waals surface area contributed by atoms with Crippen LogP contribution in [0.2, 0.25) is 0 Å². The fourth-order valence-electron chi connectivity index (χ4n) is 8.27. The molecule has 3 nitrogen and oxygen atoms in total. The van der Waals surface area contributed by atoms with Gasteiger partial charge >= 0.3 is 0 Å². The molecular weight excluding hydrogens is 621 g/mol. The van der Waals surface area contributed by atoms with Crippen molar-refractivity contribution in [2.24, 2.45) is 0 Å². The van der Waals surface area contributed by atoms with Gasteiger partial charge in [-0.2, -0.15) is 0 Å². The zero-order chi connectivity index (χ0) is 33.5. The summed E-state index contributed by atoms with van der Waals surface area (Å²) in [5.41, 5.74) is 8.52. The lowest BCUT2D eigenvalue weighted by Gasteiger charge is -2.28. The number of anilines is 3. The fourth-order valence-corrected chi connectivity index (χ4v) is 8.27. The van der Waals surface area contributed by atoms with Gasteiger partial charge in [-0.25, -0.2) is 0 Å². The molecule has 0 N–H and O–H groups in total. The van der Waals surface area contributed by atoms with E-state index in [9.17, 15) is 0 Å².